The fourth-order valence-electron chi connectivity index (χ4n) is 2.25. The molecule has 0 aliphatic rings. The van der Waals surface area contributed by atoms with Gasteiger partial charge < -0.3 is 21.1 Å². The molecule has 0 saturated carbocycles. The Morgan fingerprint density at radius 3 is 2.26 bits per heavy atom. The summed E-state index contributed by atoms with van der Waals surface area (Å²) < 4.78 is 28.3. The van der Waals surface area contributed by atoms with Crippen LogP contribution in [0.15, 0.2) is 53.4 Å². The van der Waals surface area contributed by atoms with Gasteiger partial charge in [0.1, 0.15) is 5.75 Å². The SMILES string of the molecule is CS(=O)(=O)c1ccc(OCCCC(=O)Nc2cccc(NC(N)=O)c2)cc1. The van der Waals surface area contributed by atoms with Gasteiger partial charge in [0.2, 0.25) is 5.91 Å². The summed E-state index contributed by atoms with van der Waals surface area (Å²) in [6.45, 7) is 0.314. The maximum absolute atomic E-state index is 12.0. The Morgan fingerprint density at radius 2 is 1.67 bits per heavy atom. The third kappa shape index (κ3) is 6.98. The van der Waals surface area contributed by atoms with Crippen LogP contribution in [0.1, 0.15) is 12.8 Å². The molecule has 0 aliphatic heterocycles. The summed E-state index contributed by atoms with van der Waals surface area (Å²) in [7, 11) is -3.23. The van der Waals surface area contributed by atoms with Crippen molar-refractivity contribution in [2.75, 3.05) is 23.5 Å². The molecule has 0 aromatic heterocycles. The van der Waals surface area contributed by atoms with Gasteiger partial charge in [-0.2, -0.15) is 0 Å². The van der Waals surface area contributed by atoms with Crippen molar-refractivity contribution < 1.29 is 22.7 Å². The summed E-state index contributed by atoms with van der Waals surface area (Å²) >= 11 is 0. The summed E-state index contributed by atoms with van der Waals surface area (Å²) in [6, 6.07) is 12.1. The van der Waals surface area contributed by atoms with Crippen LogP contribution in [0, 0.1) is 0 Å². The van der Waals surface area contributed by atoms with Gasteiger partial charge in [-0.05, 0) is 48.9 Å². The lowest BCUT2D eigenvalue weighted by molar-refractivity contribution is -0.116. The summed E-state index contributed by atoms with van der Waals surface area (Å²) in [5.41, 5.74) is 6.09. The number of nitrogens with two attached hydrogens (primary N) is 1. The number of benzene rings is 2. The number of primary amides is 1. The van der Waals surface area contributed by atoms with Crippen molar-refractivity contribution >= 4 is 33.2 Å². The Labute approximate surface area is 157 Å². The standard InChI is InChI=1S/C18H21N3O5S/c1-27(24,25)16-9-7-15(8-10-16)26-11-3-6-17(22)20-13-4-2-5-14(12-13)21-18(19)23/h2,4-5,7-10,12H,3,6,11H2,1H3,(H,20,22)(H3,19,21,23). The first kappa shape index (κ1) is 20.2. The van der Waals surface area contributed by atoms with Crippen molar-refractivity contribution in [3.05, 3.63) is 48.5 Å². The van der Waals surface area contributed by atoms with Crippen LogP contribution < -0.4 is 21.1 Å². The Bertz CT molecular complexity index is 911. The highest BCUT2D eigenvalue weighted by atomic mass is 32.2. The Kier molecular flexibility index (Phi) is 6.78. The van der Waals surface area contributed by atoms with Gasteiger partial charge in [-0.1, -0.05) is 6.07 Å². The largest absolute Gasteiger partial charge is 0.494 e. The Hall–Kier alpha value is -3.07. The zero-order chi connectivity index (χ0) is 19.9. The lowest BCUT2D eigenvalue weighted by Gasteiger charge is -2.09. The minimum atomic E-state index is -3.23. The number of sulfone groups is 1. The lowest BCUT2D eigenvalue weighted by Crippen LogP contribution is -2.19. The minimum Gasteiger partial charge on any atom is -0.494 e. The lowest BCUT2D eigenvalue weighted by atomic mass is 10.2. The van der Waals surface area contributed by atoms with E-state index in [4.69, 9.17) is 10.5 Å². The number of amides is 3. The van der Waals surface area contributed by atoms with Gasteiger partial charge in [0, 0.05) is 24.1 Å². The molecular weight excluding hydrogens is 370 g/mol. The van der Waals surface area contributed by atoms with Crippen LogP contribution in [-0.2, 0) is 14.6 Å². The van der Waals surface area contributed by atoms with Gasteiger partial charge in [0.05, 0.1) is 11.5 Å². The van der Waals surface area contributed by atoms with E-state index in [0.717, 1.165) is 6.26 Å². The molecule has 2 aromatic rings. The van der Waals surface area contributed by atoms with Crippen LogP contribution in [-0.4, -0.2) is 33.2 Å². The minimum absolute atomic E-state index is 0.192. The van der Waals surface area contributed by atoms with Gasteiger partial charge in [-0.25, -0.2) is 13.2 Å². The number of hydrogen-bond donors (Lipinski definition) is 3. The number of ether oxygens (including phenoxy) is 1. The Balaban J connectivity index is 1.75. The van der Waals surface area contributed by atoms with Crippen molar-refractivity contribution in [3.8, 4) is 5.75 Å². The second kappa shape index (κ2) is 9.04. The van der Waals surface area contributed by atoms with Crippen LogP contribution in [0.2, 0.25) is 0 Å². The summed E-state index contributed by atoms with van der Waals surface area (Å²) in [6.07, 6.45) is 1.87. The van der Waals surface area contributed by atoms with Crippen molar-refractivity contribution in [3.63, 3.8) is 0 Å². The van der Waals surface area contributed by atoms with Gasteiger partial charge in [-0.3, -0.25) is 4.79 Å². The monoisotopic (exact) mass is 391 g/mol. The number of anilines is 2. The third-order valence-electron chi connectivity index (χ3n) is 3.48. The highest BCUT2D eigenvalue weighted by molar-refractivity contribution is 7.90. The fraction of sp³-hybridized carbons (Fsp3) is 0.222. The van der Waals surface area contributed by atoms with E-state index in [-0.39, 0.29) is 17.2 Å². The molecule has 9 heteroatoms. The molecule has 0 atom stereocenters. The predicted octanol–water partition coefficient (Wildman–Crippen LogP) is 2.38. The highest BCUT2D eigenvalue weighted by Crippen LogP contribution is 2.17. The molecule has 0 aliphatic carbocycles. The maximum atomic E-state index is 12.0. The van der Waals surface area contributed by atoms with E-state index in [1.165, 1.54) is 12.1 Å². The molecule has 4 N–H and O–H groups in total. The molecule has 0 saturated heterocycles. The zero-order valence-electron chi connectivity index (χ0n) is 14.8. The zero-order valence-corrected chi connectivity index (χ0v) is 15.6. The van der Waals surface area contributed by atoms with E-state index in [9.17, 15) is 18.0 Å². The Morgan fingerprint density at radius 1 is 1.04 bits per heavy atom. The number of hydrogen-bond acceptors (Lipinski definition) is 5. The number of rotatable bonds is 8. The van der Waals surface area contributed by atoms with Crippen molar-refractivity contribution in [1.29, 1.82) is 0 Å². The third-order valence-corrected chi connectivity index (χ3v) is 4.61. The van der Waals surface area contributed by atoms with Crippen molar-refractivity contribution in [1.82, 2.24) is 0 Å². The fourth-order valence-corrected chi connectivity index (χ4v) is 2.88. The molecule has 3 amide bonds. The number of urea groups is 1. The quantitative estimate of drug-likeness (QED) is 0.595. The van der Waals surface area contributed by atoms with Crippen LogP contribution in [0.25, 0.3) is 0 Å². The van der Waals surface area contributed by atoms with Crippen molar-refractivity contribution in [2.45, 2.75) is 17.7 Å². The number of carbonyl (C=O) groups is 2. The molecule has 0 radical (unpaired) electrons. The van der Waals surface area contributed by atoms with E-state index in [0.29, 0.717) is 30.2 Å². The van der Waals surface area contributed by atoms with Gasteiger partial charge >= 0.3 is 6.03 Å². The van der Waals surface area contributed by atoms with Gasteiger partial charge in [-0.15, -0.1) is 0 Å². The van der Waals surface area contributed by atoms with Gasteiger partial charge in [0.15, 0.2) is 9.84 Å². The average Bonchev–Trinajstić information content (AvgIpc) is 2.58. The van der Waals surface area contributed by atoms with E-state index in [1.54, 1.807) is 36.4 Å². The van der Waals surface area contributed by atoms with Crippen LogP contribution in [0.4, 0.5) is 16.2 Å². The van der Waals surface area contributed by atoms with Gasteiger partial charge in [0.25, 0.3) is 0 Å². The molecular formula is C18H21N3O5S. The summed E-state index contributed by atoms with van der Waals surface area (Å²) in [5, 5.41) is 5.16. The molecule has 2 rings (SSSR count). The molecule has 144 valence electrons. The molecule has 0 heterocycles. The first-order valence-corrected chi connectivity index (χ1v) is 10.0. The van der Waals surface area contributed by atoms with E-state index in [1.807, 2.05) is 0 Å². The first-order valence-electron chi connectivity index (χ1n) is 8.13. The molecule has 0 fully saturated rings. The predicted molar refractivity (Wildman–Crippen MR) is 103 cm³/mol. The molecule has 2 aromatic carbocycles. The van der Waals surface area contributed by atoms with Crippen molar-refractivity contribution in [2.24, 2.45) is 5.73 Å². The second-order valence-electron chi connectivity index (χ2n) is 5.81. The number of nitrogens with one attached hydrogen (secondary N) is 2. The maximum Gasteiger partial charge on any atom is 0.316 e. The molecule has 0 bridgehead atoms. The molecule has 27 heavy (non-hydrogen) atoms. The topological polar surface area (TPSA) is 128 Å². The molecule has 0 spiro atoms. The number of carbonyl (C=O) groups excluding carboxylic acids is 2. The van der Waals surface area contributed by atoms with Crippen LogP contribution >= 0.6 is 0 Å². The average molecular weight is 391 g/mol. The smallest absolute Gasteiger partial charge is 0.316 e. The normalized spacial score (nSPS) is 10.9. The molecule has 0 unspecified atom stereocenters. The molecule has 8 nitrogen and oxygen atoms in total. The van der Waals surface area contributed by atoms with E-state index in [2.05, 4.69) is 10.6 Å². The first-order chi connectivity index (χ1) is 12.7. The van der Waals surface area contributed by atoms with Crippen LogP contribution in [0.5, 0.6) is 5.75 Å². The van der Waals surface area contributed by atoms with Crippen LogP contribution in [0.3, 0.4) is 0 Å². The van der Waals surface area contributed by atoms with E-state index < -0.39 is 15.9 Å². The second-order valence-corrected chi connectivity index (χ2v) is 7.83. The summed E-state index contributed by atoms with van der Waals surface area (Å²) in [5.74, 6) is 0.343. The van der Waals surface area contributed by atoms with E-state index >= 15 is 0 Å². The summed E-state index contributed by atoms with van der Waals surface area (Å²) in [4.78, 5) is 23.0. The highest BCUT2D eigenvalue weighted by Gasteiger charge is 2.07.